The second-order valence-electron chi connectivity index (χ2n) is 6.55. The number of ether oxygens (including phenoxy) is 1. The van der Waals surface area contributed by atoms with Crippen LogP contribution >= 0.6 is 0 Å². The van der Waals surface area contributed by atoms with E-state index in [0.717, 1.165) is 17.4 Å². The Morgan fingerprint density at radius 3 is 2.30 bits per heavy atom. The number of sulfonamides is 1. The van der Waals surface area contributed by atoms with Gasteiger partial charge >= 0.3 is 0 Å². The number of amides is 1. The number of nitrogens with zero attached hydrogens (tertiary/aromatic N) is 1. The Kier molecular flexibility index (Phi) is 6.49. The lowest BCUT2D eigenvalue weighted by Crippen LogP contribution is -2.47. The number of methoxy groups -OCH3 is 1. The summed E-state index contributed by atoms with van der Waals surface area (Å²) < 4.78 is 31.4. The van der Waals surface area contributed by atoms with Crippen LogP contribution in [0.25, 0.3) is 0 Å². The lowest BCUT2D eigenvalue weighted by atomic mass is 10.1. The fraction of sp³-hybridized carbons (Fsp3) is 0.350. The van der Waals surface area contributed by atoms with Crippen LogP contribution in [0.5, 0.6) is 5.75 Å². The topological polar surface area (TPSA) is 75.7 Å². The third-order valence-electron chi connectivity index (χ3n) is 4.13. The van der Waals surface area contributed by atoms with E-state index in [1.165, 1.54) is 4.31 Å². The molecule has 0 heterocycles. The van der Waals surface area contributed by atoms with Crippen LogP contribution in [0, 0.1) is 13.8 Å². The van der Waals surface area contributed by atoms with Gasteiger partial charge < -0.3 is 10.1 Å². The van der Waals surface area contributed by atoms with Gasteiger partial charge in [-0.05, 0) is 55.7 Å². The van der Waals surface area contributed by atoms with Gasteiger partial charge in [0.2, 0.25) is 15.9 Å². The maximum Gasteiger partial charge on any atom is 0.248 e. The summed E-state index contributed by atoms with van der Waals surface area (Å²) in [6.07, 6.45) is 1.45. The van der Waals surface area contributed by atoms with Crippen LogP contribution in [-0.4, -0.2) is 33.7 Å². The zero-order chi connectivity index (χ0) is 20.2. The largest absolute Gasteiger partial charge is 0.497 e. The molecule has 0 aliphatic heterocycles. The van der Waals surface area contributed by atoms with Gasteiger partial charge in [-0.1, -0.05) is 19.1 Å². The molecule has 2 aromatic rings. The van der Waals surface area contributed by atoms with E-state index >= 15 is 0 Å². The molecule has 146 valence electrons. The Hall–Kier alpha value is -2.54. The predicted octanol–water partition coefficient (Wildman–Crippen LogP) is 3.50. The highest BCUT2D eigenvalue weighted by Crippen LogP contribution is 2.26. The van der Waals surface area contributed by atoms with Crippen molar-refractivity contribution in [2.45, 2.75) is 33.2 Å². The highest BCUT2D eigenvalue weighted by molar-refractivity contribution is 7.92. The van der Waals surface area contributed by atoms with E-state index in [9.17, 15) is 13.2 Å². The molecular formula is C20H26N2O4S. The van der Waals surface area contributed by atoms with Gasteiger partial charge in [-0.15, -0.1) is 0 Å². The first-order valence-corrected chi connectivity index (χ1v) is 10.5. The fourth-order valence-corrected chi connectivity index (χ4v) is 4.26. The SMILES string of the molecule is CC[C@@H](C(=O)Nc1cccc(OC)c1)N(c1cc(C)cc(C)c1)S(C)(=O)=O. The van der Waals surface area contributed by atoms with Crippen molar-refractivity contribution in [2.24, 2.45) is 0 Å². The molecule has 1 N–H and O–H groups in total. The van der Waals surface area contributed by atoms with Crippen molar-refractivity contribution in [1.29, 1.82) is 0 Å². The Morgan fingerprint density at radius 2 is 1.78 bits per heavy atom. The second-order valence-corrected chi connectivity index (χ2v) is 8.41. The van der Waals surface area contributed by atoms with Crippen LogP contribution in [-0.2, 0) is 14.8 Å². The van der Waals surface area contributed by atoms with Gasteiger partial charge in [0, 0.05) is 11.8 Å². The van der Waals surface area contributed by atoms with Crippen molar-refractivity contribution in [3.05, 3.63) is 53.6 Å². The average molecular weight is 391 g/mol. The molecule has 0 fully saturated rings. The highest BCUT2D eigenvalue weighted by Gasteiger charge is 2.31. The van der Waals surface area contributed by atoms with E-state index in [0.29, 0.717) is 23.5 Å². The maximum absolute atomic E-state index is 12.9. The van der Waals surface area contributed by atoms with Crippen LogP contribution in [0.4, 0.5) is 11.4 Å². The molecule has 0 aliphatic rings. The molecule has 0 saturated heterocycles. The first-order chi connectivity index (χ1) is 12.7. The van der Waals surface area contributed by atoms with Crippen LogP contribution in [0.15, 0.2) is 42.5 Å². The van der Waals surface area contributed by atoms with Crippen molar-refractivity contribution < 1.29 is 17.9 Å². The Labute approximate surface area is 161 Å². The number of hydrogen-bond donors (Lipinski definition) is 1. The lowest BCUT2D eigenvalue weighted by molar-refractivity contribution is -0.117. The lowest BCUT2D eigenvalue weighted by Gasteiger charge is -2.30. The molecule has 2 rings (SSSR count). The third-order valence-corrected chi connectivity index (χ3v) is 5.31. The van der Waals surface area contributed by atoms with E-state index in [-0.39, 0.29) is 0 Å². The smallest absolute Gasteiger partial charge is 0.248 e. The van der Waals surface area contributed by atoms with Crippen LogP contribution in [0.1, 0.15) is 24.5 Å². The number of nitrogens with one attached hydrogen (secondary N) is 1. The van der Waals surface area contributed by atoms with Gasteiger partial charge in [0.25, 0.3) is 0 Å². The number of rotatable bonds is 7. The fourth-order valence-electron chi connectivity index (χ4n) is 3.06. The van der Waals surface area contributed by atoms with Gasteiger partial charge in [-0.2, -0.15) is 0 Å². The molecule has 0 unspecified atom stereocenters. The molecule has 2 aromatic carbocycles. The predicted molar refractivity (Wildman–Crippen MR) is 109 cm³/mol. The molecule has 1 amide bonds. The molecular weight excluding hydrogens is 364 g/mol. The average Bonchev–Trinajstić information content (AvgIpc) is 2.57. The Balaban J connectivity index is 2.41. The normalized spacial score (nSPS) is 12.3. The molecule has 27 heavy (non-hydrogen) atoms. The number of anilines is 2. The van der Waals surface area contributed by atoms with Crippen LogP contribution < -0.4 is 14.4 Å². The minimum absolute atomic E-state index is 0.329. The van der Waals surface area contributed by atoms with Crippen molar-refractivity contribution in [1.82, 2.24) is 0 Å². The monoisotopic (exact) mass is 390 g/mol. The van der Waals surface area contributed by atoms with Gasteiger partial charge in [0.1, 0.15) is 11.8 Å². The van der Waals surface area contributed by atoms with E-state index in [1.54, 1.807) is 50.4 Å². The van der Waals surface area contributed by atoms with Gasteiger partial charge in [-0.25, -0.2) is 8.42 Å². The standard InChI is InChI=1S/C20H26N2O4S/c1-6-19(20(23)21-16-8-7-9-18(13-16)26-4)22(27(5,24)25)17-11-14(2)10-15(3)12-17/h7-13,19H,6H2,1-5H3,(H,21,23)/t19-/m0/s1. The molecule has 6 nitrogen and oxygen atoms in total. The molecule has 0 saturated carbocycles. The van der Waals surface area contributed by atoms with E-state index in [2.05, 4.69) is 5.32 Å². The van der Waals surface area contributed by atoms with Gasteiger partial charge in [0.05, 0.1) is 19.1 Å². The highest BCUT2D eigenvalue weighted by atomic mass is 32.2. The summed E-state index contributed by atoms with van der Waals surface area (Å²) in [7, 11) is -2.12. The van der Waals surface area contributed by atoms with Crippen molar-refractivity contribution in [3.63, 3.8) is 0 Å². The zero-order valence-corrected chi connectivity index (χ0v) is 17.1. The summed E-state index contributed by atoms with van der Waals surface area (Å²) in [5.41, 5.74) is 2.90. The summed E-state index contributed by atoms with van der Waals surface area (Å²) in [6, 6.07) is 11.6. The minimum Gasteiger partial charge on any atom is -0.497 e. The van der Waals surface area contributed by atoms with Crippen molar-refractivity contribution >= 4 is 27.3 Å². The Morgan fingerprint density at radius 1 is 1.15 bits per heavy atom. The van der Waals surface area contributed by atoms with Crippen molar-refractivity contribution in [3.8, 4) is 5.75 Å². The number of aryl methyl sites for hydroxylation is 2. The minimum atomic E-state index is -3.67. The summed E-state index contributed by atoms with van der Waals surface area (Å²) in [6.45, 7) is 5.58. The molecule has 1 atom stereocenters. The van der Waals surface area contributed by atoms with Crippen LogP contribution in [0.2, 0.25) is 0 Å². The Bertz CT molecular complexity index is 905. The van der Waals surface area contributed by atoms with Crippen molar-refractivity contribution in [2.75, 3.05) is 23.0 Å². The number of carbonyl (C=O) groups excluding carboxylic acids is 1. The third kappa shape index (κ3) is 5.23. The number of hydrogen-bond acceptors (Lipinski definition) is 4. The summed E-state index contributed by atoms with van der Waals surface area (Å²) >= 11 is 0. The number of carbonyl (C=O) groups is 1. The maximum atomic E-state index is 12.9. The quantitative estimate of drug-likeness (QED) is 0.785. The molecule has 7 heteroatoms. The van der Waals surface area contributed by atoms with Crippen LogP contribution in [0.3, 0.4) is 0 Å². The van der Waals surface area contributed by atoms with E-state index < -0.39 is 22.0 Å². The zero-order valence-electron chi connectivity index (χ0n) is 16.3. The van der Waals surface area contributed by atoms with E-state index in [4.69, 9.17) is 4.74 Å². The summed E-state index contributed by atoms with van der Waals surface area (Å²) in [5, 5.41) is 2.79. The molecule has 0 aromatic heterocycles. The summed E-state index contributed by atoms with van der Waals surface area (Å²) in [5.74, 6) is 0.213. The second kappa shape index (κ2) is 8.43. The first-order valence-electron chi connectivity index (χ1n) is 8.68. The van der Waals surface area contributed by atoms with E-state index in [1.807, 2.05) is 19.9 Å². The first kappa shape index (κ1) is 20.8. The van der Waals surface area contributed by atoms with Gasteiger partial charge in [0.15, 0.2) is 0 Å². The number of benzene rings is 2. The molecule has 0 bridgehead atoms. The van der Waals surface area contributed by atoms with Gasteiger partial charge in [-0.3, -0.25) is 9.10 Å². The molecule has 0 radical (unpaired) electrons. The molecule has 0 aliphatic carbocycles. The molecule has 0 spiro atoms. The summed E-state index contributed by atoms with van der Waals surface area (Å²) in [4.78, 5) is 12.9.